The van der Waals surface area contributed by atoms with E-state index in [2.05, 4.69) is 26.2 Å². The van der Waals surface area contributed by atoms with Crippen molar-refractivity contribution in [2.75, 3.05) is 13.7 Å². The van der Waals surface area contributed by atoms with Gasteiger partial charge in [-0.1, -0.05) is 13.8 Å². The van der Waals surface area contributed by atoms with Crippen molar-refractivity contribution < 1.29 is 4.74 Å². The molecule has 1 saturated heterocycles. The molecule has 0 aliphatic carbocycles. The maximum absolute atomic E-state index is 5.63. The van der Waals surface area contributed by atoms with Crippen LogP contribution in [0.5, 0.6) is 0 Å². The standard InChI is InChI=1S/C12H25NO/c1-10(2)9-11(13-3)6-7-12-5-4-8-14-12/h10-13H,4-9H2,1-3H3. The van der Waals surface area contributed by atoms with E-state index in [1.54, 1.807) is 0 Å². The fraction of sp³-hybridized carbons (Fsp3) is 1.00. The van der Waals surface area contributed by atoms with Crippen molar-refractivity contribution in [2.24, 2.45) is 5.92 Å². The first kappa shape index (κ1) is 12.0. The van der Waals surface area contributed by atoms with Gasteiger partial charge in [-0.25, -0.2) is 0 Å². The van der Waals surface area contributed by atoms with Crippen LogP contribution in [0.2, 0.25) is 0 Å². The molecule has 84 valence electrons. The minimum Gasteiger partial charge on any atom is -0.378 e. The minimum atomic E-state index is 0.554. The van der Waals surface area contributed by atoms with Crippen LogP contribution in [0.4, 0.5) is 0 Å². The summed E-state index contributed by atoms with van der Waals surface area (Å²) >= 11 is 0. The molecule has 0 aromatic carbocycles. The Morgan fingerprint density at radius 1 is 1.43 bits per heavy atom. The third kappa shape index (κ3) is 4.43. The molecule has 0 amide bonds. The van der Waals surface area contributed by atoms with Gasteiger partial charge in [-0.3, -0.25) is 0 Å². The number of hydrogen-bond acceptors (Lipinski definition) is 2. The summed E-state index contributed by atoms with van der Waals surface area (Å²) in [6.45, 7) is 5.56. The number of hydrogen-bond donors (Lipinski definition) is 1. The van der Waals surface area contributed by atoms with Crippen LogP contribution in [0.15, 0.2) is 0 Å². The fourth-order valence-corrected chi connectivity index (χ4v) is 2.21. The van der Waals surface area contributed by atoms with Crippen LogP contribution in [0, 0.1) is 5.92 Å². The van der Waals surface area contributed by atoms with Crippen LogP contribution < -0.4 is 5.32 Å². The topological polar surface area (TPSA) is 21.3 Å². The number of nitrogens with one attached hydrogen (secondary N) is 1. The molecule has 2 atom stereocenters. The van der Waals surface area contributed by atoms with Gasteiger partial charge in [0.15, 0.2) is 0 Å². The smallest absolute Gasteiger partial charge is 0.0576 e. The second-order valence-corrected chi connectivity index (χ2v) is 4.83. The van der Waals surface area contributed by atoms with Gasteiger partial charge >= 0.3 is 0 Å². The molecule has 0 bridgehead atoms. The molecule has 0 saturated carbocycles. The quantitative estimate of drug-likeness (QED) is 0.710. The molecule has 1 N–H and O–H groups in total. The molecule has 1 aliphatic rings. The van der Waals surface area contributed by atoms with E-state index < -0.39 is 0 Å². The van der Waals surface area contributed by atoms with Crippen molar-refractivity contribution in [3.63, 3.8) is 0 Å². The van der Waals surface area contributed by atoms with Crippen LogP contribution in [0.3, 0.4) is 0 Å². The highest BCUT2D eigenvalue weighted by Gasteiger charge is 2.17. The first-order valence-electron chi connectivity index (χ1n) is 6.01. The summed E-state index contributed by atoms with van der Waals surface area (Å²) < 4.78 is 5.63. The Morgan fingerprint density at radius 2 is 2.21 bits per heavy atom. The molecule has 2 unspecified atom stereocenters. The molecule has 0 spiro atoms. The molecule has 1 fully saturated rings. The molecular weight excluding hydrogens is 174 g/mol. The zero-order valence-electron chi connectivity index (χ0n) is 9.88. The molecule has 2 heteroatoms. The van der Waals surface area contributed by atoms with Crippen molar-refractivity contribution in [1.29, 1.82) is 0 Å². The Hall–Kier alpha value is -0.0800. The SMILES string of the molecule is CNC(CCC1CCCO1)CC(C)C. The highest BCUT2D eigenvalue weighted by molar-refractivity contribution is 4.71. The van der Waals surface area contributed by atoms with E-state index in [0.717, 1.165) is 12.5 Å². The average Bonchev–Trinajstić information content (AvgIpc) is 2.64. The summed E-state index contributed by atoms with van der Waals surface area (Å²) in [5.74, 6) is 0.789. The molecule has 14 heavy (non-hydrogen) atoms. The minimum absolute atomic E-state index is 0.554. The Labute approximate surface area is 88.4 Å². The van der Waals surface area contributed by atoms with E-state index in [1.807, 2.05) is 0 Å². The molecule has 1 aliphatic heterocycles. The van der Waals surface area contributed by atoms with Crippen LogP contribution in [-0.4, -0.2) is 25.8 Å². The Balaban J connectivity index is 2.12. The Morgan fingerprint density at radius 3 is 2.71 bits per heavy atom. The lowest BCUT2D eigenvalue weighted by molar-refractivity contribution is 0.0991. The van der Waals surface area contributed by atoms with Gasteiger partial charge in [0.25, 0.3) is 0 Å². The zero-order valence-corrected chi connectivity index (χ0v) is 9.88. The lowest BCUT2D eigenvalue weighted by atomic mass is 9.98. The van der Waals surface area contributed by atoms with Gasteiger partial charge < -0.3 is 10.1 Å². The molecular formula is C12H25NO. The van der Waals surface area contributed by atoms with Crippen molar-refractivity contribution in [3.05, 3.63) is 0 Å². The maximum Gasteiger partial charge on any atom is 0.0576 e. The molecule has 0 aromatic heterocycles. The van der Waals surface area contributed by atoms with E-state index in [4.69, 9.17) is 4.74 Å². The summed E-state index contributed by atoms with van der Waals surface area (Å²) in [4.78, 5) is 0. The second kappa shape index (κ2) is 6.41. The van der Waals surface area contributed by atoms with Gasteiger partial charge in [0.05, 0.1) is 6.10 Å². The molecule has 0 radical (unpaired) electrons. The van der Waals surface area contributed by atoms with Crippen molar-refractivity contribution in [3.8, 4) is 0 Å². The molecule has 2 nitrogen and oxygen atoms in total. The van der Waals surface area contributed by atoms with E-state index >= 15 is 0 Å². The first-order valence-corrected chi connectivity index (χ1v) is 6.01. The molecule has 1 heterocycles. The van der Waals surface area contributed by atoms with E-state index in [0.29, 0.717) is 12.1 Å². The van der Waals surface area contributed by atoms with E-state index in [-0.39, 0.29) is 0 Å². The Kier molecular flexibility index (Phi) is 5.49. The predicted molar refractivity (Wildman–Crippen MR) is 60.5 cm³/mol. The van der Waals surface area contributed by atoms with Crippen LogP contribution >= 0.6 is 0 Å². The van der Waals surface area contributed by atoms with E-state index in [1.165, 1.54) is 32.1 Å². The summed E-state index contributed by atoms with van der Waals surface area (Å²) in [7, 11) is 2.07. The van der Waals surface area contributed by atoms with Crippen molar-refractivity contribution >= 4 is 0 Å². The third-order valence-corrected chi connectivity index (χ3v) is 3.03. The highest BCUT2D eigenvalue weighted by Crippen LogP contribution is 2.19. The monoisotopic (exact) mass is 199 g/mol. The third-order valence-electron chi connectivity index (χ3n) is 3.03. The normalized spacial score (nSPS) is 24.4. The first-order chi connectivity index (χ1) is 6.72. The van der Waals surface area contributed by atoms with Gasteiger partial charge in [-0.2, -0.15) is 0 Å². The van der Waals surface area contributed by atoms with Crippen molar-refractivity contribution in [2.45, 2.75) is 58.1 Å². The average molecular weight is 199 g/mol. The highest BCUT2D eigenvalue weighted by atomic mass is 16.5. The van der Waals surface area contributed by atoms with Gasteiger partial charge in [0, 0.05) is 12.6 Å². The molecule has 0 aromatic rings. The zero-order chi connectivity index (χ0) is 10.4. The van der Waals surface area contributed by atoms with Gasteiger partial charge in [0.2, 0.25) is 0 Å². The fourth-order valence-electron chi connectivity index (χ4n) is 2.21. The van der Waals surface area contributed by atoms with Crippen LogP contribution in [-0.2, 0) is 4.74 Å². The molecule has 1 rings (SSSR count). The lowest BCUT2D eigenvalue weighted by Crippen LogP contribution is -2.28. The number of rotatable bonds is 6. The predicted octanol–water partition coefficient (Wildman–Crippen LogP) is 2.58. The van der Waals surface area contributed by atoms with Gasteiger partial charge in [-0.15, -0.1) is 0 Å². The van der Waals surface area contributed by atoms with Crippen molar-refractivity contribution in [1.82, 2.24) is 5.32 Å². The largest absolute Gasteiger partial charge is 0.378 e. The second-order valence-electron chi connectivity index (χ2n) is 4.83. The number of ether oxygens (including phenoxy) is 1. The summed E-state index contributed by atoms with van der Waals surface area (Å²) in [5.41, 5.74) is 0. The van der Waals surface area contributed by atoms with Gasteiger partial charge in [-0.05, 0) is 45.1 Å². The Bertz CT molecular complexity index is 141. The lowest BCUT2D eigenvalue weighted by Gasteiger charge is -2.19. The maximum atomic E-state index is 5.63. The summed E-state index contributed by atoms with van der Waals surface area (Å²) in [5, 5.41) is 3.40. The van der Waals surface area contributed by atoms with E-state index in [9.17, 15) is 0 Å². The summed E-state index contributed by atoms with van der Waals surface area (Å²) in [6, 6.07) is 0.680. The van der Waals surface area contributed by atoms with Crippen LogP contribution in [0.25, 0.3) is 0 Å². The van der Waals surface area contributed by atoms with Crippen LogP contribution in [0.1, 0.15) is 46.0 Å². The summed E-state index contributed by atoms with van der Waals surface area (Å²) in [6.07, 6.45) is 6.87. The van der Waals surface area contributed by atoms with Gasteiger partial charge in [0.1, 0.15) is 0 Å².